The Kier molecular flexibility index (Phi) is 4.91. The fraction of sp³-hybridized carbons (Fsp3) is 0.350. The van der Waals surface area contributed by atoms with Crippen LogP contribution < -0.4 is 10.1 Å². The number of aliphatic carboxylic acids is 1. The first-order chi connectivity index (χ1) is 13.2. The topological polar surface area (TPSA) is 89.3 Å². The van der Waals surface area contributed by atoms with Crippen LogP contribution in [0.25, 0.3) is 10.9 Å². The number of fused-ring (bicyclic) bond motifs is 2. The van der Waals surface area contributed by atoms with E-state index in [2.05, 4.69) is 27.5 Å². The van der Waals surface area contributed by atoms with Gasteiger partial charge in [-0.2, -0.15) is 5.10 Å². The largest absolute Gasteiger partial charge is 0.492 e. The van der Waals surface area contributed by atoms with Crippen molar-refractivity contribution in [1.82, 2.24) is 14.8 Å². The van der Waals surface area contributed by atoms with Crippen LogP contribution in [-0.2, 0) is 24.2 Å². The van der Waals surface area contributed by atoms with Crippen molar-refractivity contribution in [3.05, 3.63) is 47.8 Å². The van der Waals surface area contributed by atoms with E-state index in [4.69, 9.17) is 9.84 Å². The summed E-state index contributed by atoms with van der Waals surface area (Å²) in [5, 5.41) is 17.4. The van der Waals surface area contributed by atoms with E-state index in [1.807, 2.05) is 18.2 Å². The number of rotatable bonds is 7. The monoisotopic (exact) mass is 366 g/mol. The van der Waals surface area contributed by atoms with Crippen molar-refractivity contribution in [2.24, 2.45) is 0 Å². The van der Waals surface area contributed by atoms with Crippen LogP contribution in [0.5, 0.6) is 5.75 Å². The lowest BCUT2D eigenvalue weighted by Crippen LogP contribution is -2.14. The van der Waals surface area contributed by atoms with E-state index in [1.54, 1.807) is 10.9 Å². The van der Waals surface area contributed by atoms with Crippen molar-refractivity contribution in [1.29, 1.82) is 0 Å². The Morgan fingerprint density at radius 2 is 2.22 bits per heavy atom. The predicted molar refractivity (Wildman–Crippen MR) is 102 cm³/mol. The van der Waals surface area contributed by atoms with Crippen LogP contribution >= 0.6 is 0 Å². The zero-order valence-electron chi connectivity index (χ0n) is 15.0. The van der Waals surface area contributed by atoms with E-state index in [-0.39, 0.29) is 6.42 Å². The second-order valence-corrected chi connectivity index (χ2v) is 6.64. The Labute approximate surface area is 157 Å². The van der Waals surface area contributed by atoms with Crippen LogP contribution in [-0.4, -0.2) is 39.0 Å². The van der Waals surface area contributed by atoms with E-state index in [0.717, 1.165) is 54.0 Å². The Morgan fingerprint density at radius 1 is 1.30 bits per heavy atom. The van der Waals surface area contributed by atoms with Gasteiger partial charge in [0, 0.05) is 18.7 Å². The van der Waals surface area contributed by atoms with Crippen molar-refractivity contribution < 1.29 is 14.6 Å². The molecule has 1 aliphatic heterocycles. The molecule has 0 amide bonds. The molecule has 7 heteroatoms. The van der Waals surface area contributed by atoms with Gasteiger partial charge in [-0.1, -0.05) is 12.1 Å². The van der Waals surface area contributed by atoms with Crippen molar-refractivity contribution in [2.75, 3.05) is 18.5 Å². The summed E-state index contributed by atoms with van der Waals surface area (Å²) < 4.78 is 7.68. The molecular weight excluding hydrogens is 344 g/mol. The Balaban J connectivity index is 1.42. The number of carbonyl (C=O) groups is 1. The van der Waals surface area contributed by atoms with E-state index < -0.39 is 5.97 Å². The number of hydrogen-bond donors (Lipinski definition) is 2. The van der Waals surface area contributed by atoms with Crippen molar-refractivity contribution in [3.63, 3.8) is 0 Å². The predicted octanol–water partition coefficient (Wildman–Crippen LogP) is 2.89. The number of benzene rings is 1. The Morgan fingerprint density at radius 3 is 3.11 bits per heavy atom. The minimum atomic E-state index is -0.835. The first-order valence-electron chi connectivity index (χ1n) is 9.22. The summed E-state index contributed by atoms with van der Waals surface area (Å²) in [4.78, 5) is 15.5. The minimum absolute atomic E-state index is 0.0416. The molecule has 3 aromatic rings. The molecule has 0 aliphatic carbocycles. The molecule has 140 valence electrons. The zero-order valence-corrected chi connectivity index (χ0v) is 15.0. The summed E-state index contributed by atoms with van der Waals surface area (Å²) in [5.74, 6) is 0.920. The molecule has 0 saturated heterocycles. The molecule has 27 heavy (non-hydrogen) atoms. The summed E-state index contributed by atoms with van der Waals surface area (Å²) in [6.45, 7) is 1.84. The smallest absolute Gasteiger partial charge is 0.305 e. The molecule has 0 saturated carbocycles. The highest BCUT2D eigenvalue weighted by molar-refractivity contribution is 5.85. The number of nitrogens with one attached hydrogen (secondary N) is 1. The average molecular weight is 366 g/mol. The van der Waals surface area contributed by atoms with Gasteiger partial charge in [-0.15, -0.1) is 0 Å². The minimum Gasteiger partial charge on any atom is -0.492 e. The standard InChI is InChI=1S/C20H22N4O3/c25-19(26)8-11-24-17-4-1-5-18(16(17)13-22-24)27-12-9-15-7-6-14-3-2-10-21-20(14)23-15/h1,4-7,13H,2-3,8-12H2,(H,21,23)(H,25,26). The first kappa shape index (κ1) is 17.3. The van der Waals surface area contributed by atoms with Gasteiger partial charge in [0.05, 0.1) is 36.7 Å². The third-order valence-corrected chi connectivity index (χ3v) is 4.75. The molecule has 0 radical (unpaired) electrons. The highest BCUT2D eigenvalue weighted by Crippen LogP contribution is 2.26. The fourth-order valence-electron chi connectivity index (χ4n) is 3.36. The number of aromatic nitrogens is 3. The van der Waals surface area contributed by atoms with Gasteiger partial charge in [-0.05, 0) is 36.6 Å². The van der Waals surface area contributed by atoms with Crippen LogP contribution in [0, 0.1) is 0 Å². The lowest BCUT2D eigenvalue weighted by molar-refractivity contribution is -0.137. The van der Waals surface area contributed by atoms with Gasteiger partial charge in [0.2, 0.25) is 0 Å². The van der Waals surface area contributed by atoms with Gasteiger partial charge in [0.25, 0.3) is 0 Å². The third kappa shape index (κ3) is 3.86. The van der Waals surface area contributed by atoms with Gasteiger partial charge in [0.15, 0.2) is 0 Å². The summed E-state index contributed by atoms with van der Waals surface area (Å²) in [6.07, 6.45) is 4.73. The van der Waals surface area contributed by atoms with Crippen molar-refractivity contribution >= 4 is 22.7 Å². The van der Waals surface area contributed by atoms with Crippen molar-refractivity contribution in [2.45, 2.75) is 32.2 Å². The van der Waals surface area contributed by atoms with Crippen LogP contribution in [0.15, 0.2) is 36.5 Å². The third-order valence-electron chi connectivity index (χ3n) is 4.75. The molecule has 3 heterocycles. The van der Waals surface area contributed by atoms with Crippen LogP contribution in [0.1, 0.15) is 24.1 Å². The van der Waals surface area contributed by atoms with Gasteiger partial charge in [0.1, 0.15) is 11.6 Å². The molecule has 2 N–H and O–H groups in total. The molecule has 0 atom stereocenters. The molecule has 1 aliphatic rings. The maximum Gasteiger partial charge on any atom is 0.305 e. The molecule has 0 fully saturated rings. The summed E-state index contributed by atoms with van der Waals surface area (Å²) in [7, 11) is 0. The molecular formula is C20H22N4O3. The second kappa shape index (κ2) is 7.65. The number of hydrogen-bond acceptors (Lipinski definition) is 5. The molecule has 4 rings (SSSR count). The molecule has 1 aromatic carbocycles. The summed E-state index contributed by atoms with van der Waals surface area (Å²) in [5.41, 5.74) is 3.17. The van der Waals surface area contributed by atoms with Gasteiger partial charge in [-0.3, -0.25) is 9.48 Å². The van der Waals surface area contributed by atoms with Crippen LogP contribution in [0.2, 0.25) is 0 Å². The van der Waals surface area contributed by atoms with E-state index in [9.17, 15) is 4.79 Å². The Hall–Kier alpha value is -3.09. The summed E-state index contributed by atoms with van der Waals surface area (Å²) >= 11 is 0. The van der Waals surface area contributed by atoms with Crippen LogP contribution in [0.4, 0.5) is 5.82 Å². The fourth-order valence-corrected chi connectivity index (χ4v) is 3.36. The number of anilines is 1. The number of pyridine rings is 1. The molecule has 0 bridgehead atoms. The van der Waals surface area contributed by atoms with Gasteiger partial charge in [-0.25, -0.2) is 4.98 Å². The number of aryl methyl sites for hydroxylation is 2. The lowest BCUT2D eigenvalue weighted by Gasteiger charge is -2.17. The summed E-state index contributed by atoms with van der Waals surface area (Å²) in [6, 6.07) is 9.95. The first-order valence-corrected chi connectivity index (χ1v) is 9.22. The average Bonchev–Trinajstić information content (AvgIpc) is 3.10. The molecule has 0 unspecified atom stereocenters. The van der Waals surface area contributed by atoms with Crippen LogP contribution in [0.3, 0.4) is 0 Å². The van der Waals surface area contributed by atoms with E-state index in [1.165, 1.54) is 5.56 Å². The van der Waals surface area contributed by atoms with Crippen molar-refractivity contribution in [3.8, 4) is 5.75 Å². The molecule has 7 nitrogen and oxygen atoms in total. The normalized spacial score (nSPS) is 13.2. The van der Waals surface area contributed by atoms with E-state index in [0.29, 0.717) is 13.2 Å². The second-order valence-electron chi connectivity index (χ2n) is 6.64. The molecule has 0 spiro atoms. The number of carboxylic acid groups (broad SMARTS) is 1. The van der Waals surface area contributed by atoms with Gasteiger partial charge >= 0.3 is 5.97 Å². The SMILES string of the molecule is O=C(O)CCn1ncc2c(OCCc3ccc4c(n3)NCCC4)cccc21. The highest BCUT2D eigenvalue weighted by Gasteiger charge is 2.11. The maximum atomic E-state index is 10.8. The number of ether oxygens (including phenoxy) is 1. The molecule has 2 aromatic heterocycles. The number of carboxylic acids is 1. The Bertz CT molecular complexity index is 967. The quantitative estimate of drug-likeness (QED) is 0.668. The zero-order chi connectivity index (χ0) is 18.6. The van der Waals surface area contributed by atoms with E-state index >= 15 is 0 Å². The number of nitrogens with zero attached hydrogens (tertiary/aromatic N) is 3. The van der Waals surface area contributed by atoms with Gasteiger partial charge < -0.3 is 15.2 Å². The lowest BCUT2D eigenvalue weighted by atomic mass is 10.1. The maximum absolute atomic E-state index is 10.8. The highest BCUT2D eigenvalue weighted by atomic mass is 16.5.